The van der Waals surface area contributed by atoms with Crippen molar-refractivity contribution in [3.8, 4) is 0 Å². The summed E-state index contributed by atoms with van der Waals surface area (Å²) < 4.78 is 0. The van der Waals surface area contributed by atoms with Gasteiger partial charge in [0.1, 0.15) is 24.2 Å². The number of nitrogens with one attached hydrogen (secondary N) is 3. The largest absolute Gasteiger partial charge is 0.481 e. The Morgan fingerprint density at radius 1 is 0.930 bits per heavy atom. The van der Waals surface area contributed by atoms with Crippen molar-refractivity contribution in [1.29, 1.82) is 0 Å². The van der Waals surface area contributed by atoms with Crippen LogP contribution in [-0.2, 0) is 33.6 Å². The standard InChI is InChI=1S/C25H43N9O9/c1-12(2)19(22(40)32-15(11-18(36)37)20(38)31-14(24(42)43)7-8-17(27)35)33-21(39)16-6-4-10-34(16)23(41)13(26)5-3-9-30-25(28)29/h12-16,19H,3-11,26H2,1-2H3,(H2,27,35)(H,31,38)(H,32,40)(H,33,39)(H,36,37)(H,42,43)(H4,28,29,30)/t13-,14-,15-,16-,19-/m0/s1. The summed E-state index contributed by atoms with van der Waals surface area (Å²) >= 11 is 0. The maximum atomic E-state index is 13.2. The fourth-order valence-corrected chi connectivity index (χ4v) is 4.41. The van der Waals surface area contributed by atoms with E-state index in [-0.39, 0.29) is 38.3 Å². The summed E-state index contributed by atoms with van der Waals surface area (Å²) in [5, 5.41) is 25.6. The van der Waals surface area contributed by atoms with E-state index in [1.165, 1.54) is 4.90 Å². The predicted molar refractivity (Wildman–Crippen MR) is 152 cm³/mol. The Kier molecular flexibility index (Phi) is 14.8. The lowest BCUT2D eigenvalue weighted by Gasteiger charge is -2.30. The van der Waals surface area contributed by atoms with Crippen LogP contribution in [0.3, 0.4) is 0 Å². The van der Waals surface area contributed by atoms with Crippen molar-refractivity contribution < 1.29 is 43.8 Å². The molecule has 0 aromatic carbocycles. The molecule has 0 aromatic rings. The lowest BCUT2D eigenvalue weighted by molar-refractivity contribution is -0.144. The molecule has 0 radical (unpaired) electrons. The first kappa shape index (κ1) is 36.5. The molecule has 0 aliphatic carbocycles. The Morgan fingerprint density at radius 3 is 2.09 bits per heavy atom. The number of aliphatic carboxylic acids is 2. The van der Waals surface area contributed by atoms with Crippen molar-refractivity contribution in [3.63, 3.8) is 0 Å². The second kappa shape index (κ2) is 17.5. The molecular formula is C25H43N9O9. The molecule has 43 heavy (non-hydrogen) atoms. The zero-order valence-electron chi connectivity index (χ0n) is 24.3. The van der Waals surface area contributed by atoms with Gasteiger partial charge in [-0.05, 0) is 38.0 Å². The molecule has 242 valence electrons. The van der Waals surface area contributed by atoms with Crippen LogP contribution in [0, 0.1) is 5.92 Å². The normalized spacial score (nSPS) is 17.2. The van der Waals surface area contributed by atoms with E-state index in [4.69, 9.17) is 22.9 Å². The number of nitrogens with zero attached hydrogens (tertiary/aromatic N) is 2. The molecule has 1 aliphatic rings. The number of likely N-dealkylation sites (tertiary alicyclic amines) is 1. The first-order valence-corrected chi connectivity index (χ1v) is 13.8. The van der Waals surface area contributed by atoms with Gasteiger partial charge in [-0.1, -0.05) is 13.8 Å². The number of rotatable bonds is 18. The van der Waals surface area contributed by atoms with Gasteiger partial charge in [0, 0.05) is 19.5 Å². The monoisotopic (exact) mass is 613 g/mol. The summed E-state index contributed by atoms with van der Waals surface area (Å²) in [6, 6.07) is -6.34. The van der Waals surface area contributed by atoms with E-state index in [9.17, 15) is 43.8 Å². The average Bonchev–Trinajstić information content (AvgIpc) is 3.40. The Morgan fingerprint density at radius 2 is 1.56 bits per heavy atom. The molecular weight excluding hydrogens is 570 g/mol. The third-order valence-corrected chi connectivity index (χ3v) is 6.68. The van der Waals surface area contributed by atoms with Crippen molar-refractivity contribution in [2.45, 2.75) is 89.0 Å². The average molecular weight is 614 g/mol. The molecule has 1 fully saturated rings. The van der Waals surface area contributed by atoms with Crippen LogP contribution in [0.15, 0.2) is 4.99 Å². The van der Waals surface area contributed by atoms with Gasteiger partial charge in [0.25, 0.3) is 0 Å². The summed E-state index contributed by atoms with van der Waals surface area (Å²) in [6.45, 7) is 3.76. The zero-order chi connectivity index (χ0) is 32.9. The van der Waals surface area contributed by atoms with Crippen molar-refractivity contribution in [3.05, 3.63) is 0 Å². The highest BCUT2D eigenvalue weighted by atomic mass is 16.4. The lowest BCUT2D eigenvalue weighted by Crippen LogP contribution is -2.59. The zero-order valence-corrected chi connectivity index (χ0v) is 24.3. The summed E-state index contributed by atoms with van der Waals surface area (Å²) in [7, 11) is 0. The fourth-order valence-electron chi connectivity index (χ4n) is 4.41. The summed E-state index contributed by atoms with van der Waals surface area (Å²) in [5.74, 6) is -7.50. The molecule has 1 aliphatic heterocycles. The molecule has 13 N–H and O–H groups in total. The summed E-state index contributed by atoms with van der Waals surface area (Å²) in [4.78, 5) is 91.3. The highest BCUT2D eigenvalue weighted by molar-refractivity contribution is 5.96. The summed E-state index contributed by atoms with van der Waals surface area (Å²) in [5.41, 5.74) is 21.6. The quantitative estimate of drug-likeness (QED) is 0.0409. The number of hydrogen-bond acceptors (Lipinski definition) is 9. The van der Waals surface area contributed by atoms with Crippen molar-refractivity contribution in [2.24, 2.45) is 33.8 Å². The molecule has 0 unspecified atom stereocenters. The Bertz CT molecular complexity index is 1080. The molecule has 18 nitrogen and oxygen atoms in total. The highest BCUT2D eigenvalue weighted by Crippen LogP contribution is 2.20. The van der Waals surface area contributed by atoms with E-state index in [2.05, 4.69) is 20.9 Å². The number of carboxylic acid groups (broad SMARTS) is 2. The highest BCUT2D eigenvalue weighted by Gasteiger charge is 2.39. The topological polar surface area (TPSA) is 316 Å². The summed E-state index contributed by atoms with van der Waals surface area (Å²) in [6.07, 6.45) is -0.0700. The van der Waals surface area contributed by atoms with Crippen molar-refractivity contribution in [2.75, 3.05) is 13.1 Å². The van der Waals surface area contributed by atoms with Crippen LogP contribution in [0.4, 0.5) is 0 Å². The molecule has 0 aromatic heterocycles. The third-order valence-electron chi connectivity index (χ3n) is 6.68. The van der Waals surface area contributed by atoms with E-state index in [0.29, 0.717) is 19.3 Å². The van der Waals surface area contributed by atoms with Gasteiger partial charge in [-0.15, -0.1) is 0 Å². The Labute approximate surface area is 248 Å². The van der Waals surface area contributed by atoms with Gasteiger partial charge < -0.3 is 54.0 Å². The number of amides is 5. The van der Waals surface area contributed by atoms with E-state index in [0.717, 1.165) is 0 Å². The number of carboxylic acids is 2. The first-order chi connectivity index (χ1) is 20.0. The van der Waals surface area contributed by atoms with E-state index < -0.39 is 84.0 Å². The van der Waals surface area contributed by atoms with Crippen LogP contribution in [0.5, 0.6) is 0 Å². The molecule has 1 heterocycles. The smallest absolute Gasteiger partial charge is 0.326 e. The Balaban J connectivity index is 2.96. The van der Waals surface area contributed by atoms with Crippen LogP contribution >= 0.6 is 0 Å². The van der Waals surface area contributed by atoms with E-state index in [1.54, 1.807) is 13.8 Å². The van der Waals surface area contributed by atoms with Crippen molar-refractivity contribution in [1.82, 2.24) is 20.9 Å². The minimum atomic E-state index is -1.71. The molecule has 1 saturated heterocycles. The molecule has 5 atom stereocenters. The van der Waals surface area contributed by atoms with Crippen LogP contribution in [0.25, 0.3) is 0 Å². The number of nitrogens with two attached hydrogens (primary N) is 4. The molecule has 5 amide bonds. The second-order valence-corrected chi connectivity index (χ2v) is 10.5. The molecule has 18 heteroatoms. The van der Waals surface area contributed by atoms with E-state index >= 15 is 0 Å². The minimum Gasteiger partial charge on any atom is -0.481 e. The van der Waals surface area contributed by atoms with Gasteiger partial charge in [-0.25, -0.2) is 4.79 Å². The molecule has 0 bridgehead atoms. The number of hydrogen-bond donors (Lipinski definition) is 9. The number of carbonyl (C=O) groups excluding carboxylic acids is 5. The van der Waals surface area contributed by atoms with Crippen LogP contribution in [0.2, 0.25) is 0 Å². The predicted octanol–water partition coefficient (Wildman–Crippen LogP) is -3.71. The van der Waals surface area contributed by atoms with Gasteiger partial charge >= 0.3 is 11.9 Å². The van der Waals surface area contributed by atoms with E-state index in [1.807, 2.05) is 0 Å². The van der Waals surface area contributed by atoms with Gasteiger partial charge in [0.05, 0.1) is 12.5 Å². The minimum absolute atomic E-state index is 0.0838. The van der Waals surface area contributed by atoms with Crippen LogP contribution in [0.1, 0.15) is 58.8 Å². The SMILES string of the molecule is CC(C)[C@H](NC(=O)[C@@H]1CCCN1C(=O)[C@@H](N)CCCN=C(N)N)C(=O)N[C@@H](CC(=O)O)C(=O)N[C@@H](CCC(N)=O)C(=O)O. The van der Waals surface area contributed by atoms with Gasteiger partial charge in [0.2, 0.25) is 29.5 Å². The number of aliphatic imine (C=N–C) groups is 1. The lowest BCUT2D eigenvalue weighted by atomic mass is 10.0. The Hall–Kier alpha value is -4.48. The number of carbonyl (C=O) groups is 7. The second-order valence-electron chi connectivity index (χ2n) is 10.5. The molecule has 0 saturated carbocycles. The number of guanidine groups is 1. The maximum Gasteiger partial charge on any atom is 0.326 e. The van der Waals surface area contributed by atoms with Crippen LogP contribution < -0.4 is 38.9 Å². The number of primary amides is 1. The first-order valence-electron chi connectivity index (χ1n) is 13.8. The molecule has 0 spiro atoms. The van der Waals surface area contributed by atoms with Gasteiger partial charge in [0.15, 0.2) is 5.96 Å². The fraction of sp³-hybridized carbons (Fsp3) is 0.680. The van der Waals surface area contributed by atoms with Crippen molar-refractivity contribution >= 4 is 47.4 Å². The van der Waals surface area contributed by atoms with Gasteiger partial charge in [-0.2, -0.15) is 0 Å². The molecule has 1 rings (SSSR count). The maximum absolute atomic E-state index is 13.2. The van der Waals surface area contributed by atoms with Crippen LogP contribution in [-0.4, -0.2) is 106 Å². The third kappa shape index (κ3) is 12.5. The van der Waals surface area contributed by atoms with Gasteiger partial charge in [-0.3, -0.25) is 33.8 Å².